The molecule has 0 aromatic heterocycles. The van der Waals surface area contributed by atoms with E-state index in [0.29, 0.717) is 11.5 Å². The second-order valence-corrected chi connectivity index (χ2v) is 5.09. The third-order valence-corrected chi connectivity index (χ3v) is 3.68. The summed E-state index contributed by atoms with van der Waals surface area (Å²) in [6.07, 6.45) is 6.18. The van der Waals surface area contributed by atoms with E-state index in [1.807, 2.05) is 31.2 Å². The molecule has 1 aliphatic carbocycles. The van der Waals surface area contributed by atoms with Gasteiger partial charge in [-0.25, -0.2) is 4.79 Å². The highest BCUT2D eigenvalue weighted by molar-refractivity contribution is 5.92. The van der Waals surface area contributed by atoms with E-state index < -0.39 is 0 Å². The van der Waals surface area contributed by atoms with Crippen molar-refractivity contribution in [3.63, 3.8) is 0 Å². The topological polar surface area (TPSA) is 46.5 Å². The number of rotatable bonds is 4. The van der Waals surface area contributed by atoms with Gasteiger partial charge in [-0.15, -0.1) is 0 Å². The van der Waals surface area contributed by atoms with Gasteiger partial charge in [0.15, 0.2) is 0 Å². The molecule has 0 bridgehead atoms. The molecule has 0 radical (unpaired) electrons. The van der Waals surface area contributed by atoms with Crippen molar-refractivity contribution in [2.75, 3.05) is 7.11 Å². The smallest absolute Gasteiger partial charge is 0.338 e. The average Bonchev–Trinajstić information content (AvgIpc) is 2.81. The number of hydrogen-bond acceptors (Lipinski definition) is 3. The van der Waals surface area contributed by atoms with Gasteiger partial charge < -0.3 is 9.84 Å². The molecule has 3 heteroatoms. The lowest BCUT2D eigenvalue weighted by molar-refractivity contribution is 0.0598. The summed E-state index contributed by atoms with van der Waals surface area (Å²) in [6.45, 7) is 1.93. The molecule has 102 valence electrons. The van der Waals surface area contributed by atoms with Crippen molar-refractivity contribution in [2.24, 2.45) is 5.92 Å². The number of hydrogen-bond donors (Lipinski definition) is 1. The number of carbonyl (C=O) groups is 1. The van der Waals surface area contributed by atoms with E-state index >= 15 is 0 Å². The van der Waals surface area contributed by atoms with Crippen molar-refractivity contribution in [3.05, 3.63) is 47.0 Å². The molecule has 3 nitrogen and oxygen atoms in total. The predicted molar refractivity (Wildman–Crippen MR) is 74.1 cm³/mol. The number of benzene rings is 1. The summed E-state index contributed by atoms with van der Waals surface area (Å²) >= 11 is 0. The number of ether oxygens (including phenoxy) is 1. The Bertz CT molecular complexity index is 491. The van der Waals surface area contributed by atoms with Gasteiger partial charge >= 0.3 is 5.97 Å². The molecule has 0 unspecified atom stereocenters. The number of aliphatic hydroxyl groups excluding tert-OH is 1. The minimum atomic E-state index is -0.303. The number of methoxy groups -OCH3 is 1. The zero-order valence-corrected chi connectivity index (χ0v) is 11.4. The van der Waals surface area contributed by atoms with Crippen molar-refractivity contribution in [3.8, 4) is 0 Å². The highest BCUT2D eigenvalue weighted by Crippen LogP contribution is 2.25. The summed E-state index contributed by atoms with van der Waals surface area (Å²) in [7, 11) is 1.41. The number of aliphatic hydroxyl groups is 1. The molecule has 1 N–H and O–H groups in total. The maximum absolute atomic E-state index is 11.8. The first-order chi connectivity index (χ1) is 9.11. The molecule has 2 rings (SSSR count). The first kappa shape index (κ1) is 13.8. The summed E-state index contributed by atoms with van der Waals surface area (Å²) in [6, 6.07) is 5.87. The molecule has 1 aliphatic rings. The van der Waals surface area contributed by atoms with E-state index in [1.54, 1.807) is 0 Å². The number of esters is 1. The Morgan fingerprint density at radius 2 is 2.21 bits per heavy atom. The van der Waals surface area contributed by atoms with Crippen LogP contribution in [0.15, 0.2) is 30.4 Å². The molecular weight excluding hydrogens is 240 g/mol. The Morgan fingerprint density at radius 1 is 1.42 bits per heavy atom. The Morgan fingerprint density at radius 3 is 2.84 bits per heavy atom. The van der Waals surface area contributed by atoms with E-state index in [2.05, 4.69) is 6.08 Å². The summed E-state index contributed by atoms with van der Waals surface area (Å²) < 4.78 is 4.85. The third-order valence-electron chi connectivity index (χ3n) is 3.68. The molecule has 1 aromatic rings. The summed E-state index contributed by atoms with van der Waals surface area (Å²) in [5.74, 6) is 0.135. The van der Waals surface area contributed by atoms with Crippen LogP contribution in [0.5, 0.6) is 0 Å². The minimum Gasteiger partial charge on any atom is -0.465 e. The van der Waals surface area contributed by atoms with Crippen molar-refractivity contribution < 1.29 is 14.6 Å². The van der Waals surface area contributed by atoms with Crippen LogP contribution in [0.3, 0.4) is 0 Å². The standard InChI is InChI=1S/C16H20O3/c1-11-4-3-5-13(15(11)16(18)19-2)8-6-12-7-9-14(17)10-12/h3-5,7,9,12,14,17H,6,8,10H2,1-2H3/t12-,14+/m1/s1. The Labute approximate surface area is 113 Å². The van der Waals surface area contributed by atoms with E-state index in [-0.39, 0.29) is 12.1 Å². The zero-order valence-electron chi connectivity index (χ0n) is 11.4. The van der Waals surface area contributed by atoms with Gasteiger partial charge in [-0.2, -0.15) is 0 Å². The van der Waals surface area contributed by atoms with Crippen LogP contribution in [-0.2, 0) is 11.2 Å². The van der Waals surface area contributed by atoms with Crippen molar-refractivity contribution in [1.29, 1.82) is 0 Å². The van der Waals surface area contributed by atoms with Crippen LogP contribution in [0, 0.1) is 12.8 Å². The second kappa shape index (κ2) is 6.02. The van der Waals surface area contributed by atoms with Crippen LogP contribution < -0.4 is 0 Å². The van der Waals surface area contributed by atoms with Crippen LogP contribution in [0.2, 0.25) is 0 Å². The van der Waals surface area contributed by atoms with Gasteiger partial charge in [-0.3, -0.25) is 0 Å². The van der Waals surface area contributed by atoms with Crippen LogP contribution >= 0.6 is 0 Å². The highest BCUT2D eigenvalue weighted by Gasteiger charge is 2.19. The normalized spacial score (nSPS) is 21.6. The molecule has 2 atom stereocenters. The van der Waals surface area contributed by atoms with Crippen molar-refractivity contribution >= 4 is 5.97 Å². The number of allylic oxidation sites excluding steroid dienone is 1. The molecule has 0 spiro atoms. The molecule has 0 heterocycles. The van der Waals surface area contributed by atoms with Gasteiger partial charge in [-0.1, -0.05) is 30.4 Å². The van der Waals surface area contributed by atoms with Crippen LogP contribution in [0.4, 0.5) is 0 Å². The first-order valence-corrected chi connectivity index (χ1v) is 6.65. The maximum atomic E-state index is 11.8. The Kier molecular flexibility index (Phi) is 4.38. The van der Waals surface area contributed by atoms with Crippen LogP contribution in [0.1, 0.15) is 34.3 Å². The molecule has 0 fully saturated rings. The molecule has 19 heavy (non-hydrogen) atoms. The van der Waals surface area contributed by atoms with E-state index in [1.165, 1.54) is 7.11 Å². The lowest BCUT2D eigenvalue weighted by atomic mass is 9.94. The van der Waals surface area contributed by atoms with Gasteiger partial charge in [-0.05, 0) is 43.2 Å². The molecule has 0 amide bonds. The van der Waals surface area contributed by atoms with Crippen LogP contribution in [-0.4, -0.2) is 24.3 Å². The Balaban J connectivity index is 2.10. The number of carbonyl (C=O) groups excluding carboxylic acids is 1. The predicted octanol–water partition coefficient (Wildman–Crippen LogP) is 2.65. The summed E-state index contributed by atoms with van der Waals surface area (Å²) in [4.78, 5) is 11.8. The Hall–Kier alpha value is -1.61. The van der Waals surface area contributed by atoms with Gasteiger partial charge in [0.2, 0.25) is 0 Å². The van der Waals surface area contributed by atoms with Gasteiger partial charge in [0, 0.05) is 0 Å². The van der Waals surface area contributed by atoms with Gasteiger partial charge in [0.25, 0.3) is 0 Å². The molecule has 0 aliphatic heterocycles. The SMILES string of the molecule is COC(=O)c1c(C)cccc1CC[C@@H]1C=C[C@H](O)C1. The minimum absolute atomic E-state index is 0.268. The quantitative estimate of drug-likeness (QED) is 0.668. The third kappa shape index (κ3) is 3.24. The first-order valence-electron chi connectivity index (χ1n) is 6.65. The number of aryl methyl sites for hydroxylation is 2. The average molecular weight is 260 g/mol. The van der Waals surface area contributed by atoms with E-state index in [0.717, 1.165) is 30.4 Å². The molecule has 1 aromatic carbocycles. The van der Waals surface area contributed by atoms with Crippen molar-refractivity contribution in [2.45, 2.75) is 32.3 Å². The lowest BCUT2D eigenvalue weighted by Crippen LogP contribution is -2.10. The lowest BCUT2D eigenvalue weighted by Gasteiger charge is -2.13. The van der Waals surface area contributed by atoms with Crippen LogP contribution in [0.25, 0.3) is 0 Å². The fraction of sp³-hybridized carbons (Fsp3) is 0.438. The van der Waals surface area contributed by atoms with Gasteiger partial charge in [0.1, 0.15) is 0 Å². The fourth-order valence-corrected chi connectivity index (χ4v) is 2.64. The molecular formula is C16H20O3. The summed E-state index contributed by atoms with van der Waals surface area (Å²) in [5, 5.41) is 9.46. The molecule has 0 saturated heterocycles. The van der Waals surface area contributed by atoms with Crippen molar-refractivity contribution in [1.82, 2.24) is 0 Å². The maximum Gasteiger partial charge on any atom is 0.338 e. The fourth-order valence-electron chi connectivity index (χ4n) is 2.64. The molecule has 0 saturated carbocycles. The second-order valence-electron chi connectivity index (χ2n) is 5.09. The summed E-state index contributed by atoms with van der Waals surface area (Å²) in [5.41, 5.74) is 2.67. The van der Waals surface area contributed by atoms with E-state index in [9.17, 15) is 9.90 Å². The van der Waals surface area contributed by atoms with E-state index in [4.69, 9.17) is 4.74 Å². The zero-order chi connectivity index (χ0) is 13.8. The highest BCUT2D eigenvalue weighted by atomic mass is 16.5. The monoisotopic (exact) mass is 260 g/mol. The van der Waals surface area contributed by atoms with Gasteiger partial charge in [0.05, 0.1) is 18.8 Å². The largest absolute Gasteiger partial charge is 0.465 e.